The average Bonchev–Trinajstić information content (AvgIpc) is 3.10. The SMILES string of the molecule is CC1=C[C@H](O/C=C2/C(=O)OC3=C4CC=CC=C4C[C@H]32)OC1=O. The van der Waals surface area contributed by atoms with Crippen LogP contribution in [0.5, 0.6) is 0 Å². The molecule has 0 unspecified atom stereocenters. The van der Waals surface area contributed by atoms with Gasteiger partial charge in [0, 0.05) is 11.6 Å². The van der Waals surface area contributed by atoms with Gasteiger partial charge in [-0.3, -0.25) is 0 Å². The van der Waals surface area contributed by atoms with Crippen molar-refractivity contribution in [3.8, 4) is 0 Å². The first-order chi connectivity index (χ1) is 10.6. The van der Waals surface area contributed by atoms with E-state index in [4.69, 9.17) is 14.2 Å². The number of ether oxygens (including phenoxy) is 3. The summed E-state index contributed by atoms with van der Waals surface area (Å²) in [5.74, 6) is -0.129. The molecule has 0 aromatic carbocycles. The molecule has 0 saturated carbocycles. The van der Waals surface area contributed by atoms with Crippen molar-refractivity contribution in [3.63, 3.8) is 0 Å². The van der Waals surface area contributed by atoms with Crippen LogP contribution in [0.2, 0.25) is 0 Å². The molecule has 0 aromatic rings. The Kier molecular flexibility index (Phi) is 2.82. The van der Waals surface area contributed by atoms with Crippen LogP contribution in [0, 0.1) is 5.92 Å². The van der Waals surface area contributed by atoms with Gasteiger partial charge in [-0.2, -0.15) is 0 Å². The third kappa shape index (κ3) is 1.93. The van der Waals surface area contributed by atoms with Gasteiger partial charge in [0.05, 0.1) is 17.8 Å². The summed E-state index contributed by atoms with van der Waals surface area (Å²) in [5.41, 5.74) is 3.30. The normalized spacial score (nSPS) is 30.9. The smallest absolute Gasteiger partial charge is 0.343 e. The maximum atomic E-state index is 12.0. The van der Waals surface area contributed by atoms with Gasteiger partial charge in [-0.25, -0.2) is 9.59 Å². The van der Waals surface area contributed by atoms with E-state index in [0.29, 0.717) is 11.1 Å². The molecule has 1 saturated heterocycles. The zero-order chi connectivity index (χ0) is 15.3. The Balaban J connectivity index is 1.57. The zero-order valence-corrected chi connectivity index (χ0v) is 12.0. The van der Waals surface area contributed by atoms with Crippen LogP contribution in [0.4, 0.5) is 0 Å². The lowest BCUT2D eigenvalue weighted by atomic mass is 9.98. The molecular weight excluding hydrogens is 284 g/mol. The summed E-state index contributed by atoms with van der Waals surface area (Å²) in [7, 11) is 0. The van der Waals surface area contributed by atoms with Crippen molar-refractivity contribution < 1.29 is 23.8 Å². The van der Waals surface area contributed by atoms with Crippen LogP contribution < -0.4 is 0 Å². The molecule has 0 spiro atoms. The van der Waals surface area contributed by atoms with Crippen molar-refractivity contribution in [3.05, 3.63) is 58.6 Å². The average molecular weight is 298 g/mol. The summed E-state index contributed by atoms with van der Waals surface area (Å²) < 4.78 is 15.8. The highest BCUT2D eigenvalue weighted by Gasteiger charge is 2.43. The van der Waals surface area contributed by atoms with Crippen LogP contribution in [0.15, 0.2) is 58.6 Å². The molecule has 0 N–H and O–H groups in total. The molecule has 2 atom stereocenters. The van der Waals surface area contributed by atoms with Crippen molar-refractivity contribution in [1.82, 2.24) is 0 Å². The third-order valence-corrected chi connectivity index (χ3v) is 4.26. The van der Waals surface area contributed by atoms with E-state index in [1.807, 2.05) is 12.2 Å². The number of cyclic esters (lactones) is 1. The fourth-order valence-electron chi connectivity index (χ4n) is 3.10. The second-order valence-corrected chi connectivity index (χ2v) is 5.65. The number of esters is 2. The first-order valence-electron chi connectivity index (χ1n) is 7.19. The van der Waals surface area contributed by atoms with Crippen molar-refractivity contribution >= 4 is 11.9 Å². The van der Waals surface area contributed by atoms with Gasteiger partial charge in [-0.15, -0.1) is 0 Å². The molecule has 0 bridgehead atoms. The molecule has 5 heteroatoms. The number of hydrogen-bond acceptors (Lipinski definition) is 5. The summed E-state index contributed by atoms with van der Waals surface area (Å²) in [6.07, 6.45) is 9.85. The maximum Gasteiger partial charge on any atom is 0.343 e. The molecule has 2 aliphatic carbocycles. The Morgan fingerprint density at radius 2 is 2.18 bits per heavy atom. The predicted molar refractivity (Wildman–Crippen MR) is 75.9 cm³/mol. The maximum absolute atomic E-state index is 12.0. The molecule has 4 aliphatic rings. The van der Waals surface area contributed by atoms with Gasteiger partial charge in [-0.1, -0.05) is 18.2 Å². The van der Waals surface area contributed by atoms with Crippen molar-refractivity contribution in [2.24, 2.45) is 5.92 Å². The number of allylic oxidation sites excluding steroid dienone is 6. The highest BCUT2D eigenvalue weighted by molar-refractivity contribution is 5.94. The fourth-order valence-corrected chi connectivity index (χ4v) is 3.10. The molecule has 5 nitrogen and oxygen atoms in total. The van der Waals surface area contributed by atoms with Crippen molar-refractivity contribution in [1.29, 1.82) is 0 Å². The van der Waals surface area contributed by atoms with Gasteiger partial charge >= 0.3 is 11.9 Å². The van der Waals surface area contributed by atoms with E-state index in [1.54, 1.807) is 13.0 Å². The van der Waals surface area contributed by atoms with E-state index < -0.39 is 12.3 Å². The summed E-state index contributed by atoms with van der Waals surface area (Å²) in [6.45, 7) is 1.66. The van der Waals surface area contributed by atoms with Crippen LogP contribution >= 0.6 is 0 Å². The van der Waals surface area contributed by atoms with Crippen LogP contribution in [-0.2, 0) is 23.8 Å². The lowest BCUT2D eigenvalue weighted by Crippen LogP contribution is -2.11. The summed E-state index contributed by atoms with van der Waals surface area (Å²) in [6, 6.07) is 0. The Bertz CT molecular complexity index is 732. The Hall–Kier alpha value is -2.56. The summed E-state index contributed by atoms with van der Waals surface area (Å²) in [4.78, 5) is 23.3. The highest BCUT2D eigenvalue weighted by Crippen LogP contribution is 2.48. The Morgan fingerprint density at radius 1 is 1.32 bits per heavy atom. The molecule has 0 amide bonds. The molecule has 0 radical (unpaired) electrons. The van der Waals surface area contributed by atoms with E-state index >= 15 is 0 Å². The van der Waals surface area contributed by atoms with E-state index in [2.05, 4.69) is 6.08 Å². The molecule has 0 aromatic heterocycles. The number of rotatable bonds is 2. The molecule has 1 fully saturated rings. The minimum Gasteiger partial charge on any atom is -0.458 e. The monoisotopic (exact) mass is 298 g/mol. The van der Waals surface area contributed by atoms with E-state index in [-0.39, 0.29) is 11.9 Å². The van der Waals surface area contributed by atoms with E-state index in [9.17, 15) is 9.59 Å². The summed E-state index contributed by atoms with van der Waals surface area (Å²) in [5, 5.41) is 0. The lowest BCUT2D eigenvalue weighted by molar-refractivity contribution is -0.152. The predicted octanol–water partition coefficient (Wildman–Crippen LogP) is 2.43. The zero-order valence-electron chi connectivity index (χ0n) is 12.0. The van der Waals surface area contributed by atoms with Gasteiger partial charge in [0.2, 0.25) is 0 Å². The number of carbonyl (C=O) groups is 2. The topological polar surface area (TPSA) is 61.8 Å². The third-order valence-electron chi connectivity index (χ3n) is 4.26. The highest BCUT2D eigenvalue weighted by atomic mass is 16.7. The number of fused-ring (bicyclic) bond motifs is 2. The van der Waals surface area contributed by atoms with Crippen LogP contribution in [0.1, 0.15) is 19.8 Å². The molecule has 112 valence electrons. The van der Waals surface area contributed by atoms with Crippen LogP contribution in [0.25, 0.3) is 0 Å². The fraction of sp³-hybridized carbons (Fsp3) is 0.294. The quantitative estimate of drug-likeness (QED) is 0.445. The number of carbonyl (C=O) groups excluding carboxylic acids is 2. The van der Waals surface area contributed by atoms with Crippen LogP contribution in [0.3, 0.4) is 0 Å². The van der Waals surface area contributed by atoms with Crippen molar-refractivity contribution in [2.45, 2.75) is 26.1 Å². The molecule has 22 heavy (non-hydrogen) atoms. The summed E-state index contributed by atoms with van der Waals surface area (Å²) >= 11 is 0. The Morgan fingerprint density at radius 3 is 2.95 bits per heavy atom. The van der Waals surface area contributed by atoms with Gasteiger partial charge in [-0.05, 0) is 30.9 Å². The van der Waals surface area contributed by atoms with E-state index in [1.165, 1.54) is 11.8 Å². The van der Waals surface area contributed by atoms with Gasteiger partial charge < -0.3 is 14.2 Å². The molecule has 4 rings (SSSR count). The number of hydrogen-bond donors (Lipinski definition) is 0. The molecule has 2 heterocycles. The van der Waals surface area contributed by atoms with E-state index in [0.717, 1.165) is 24.2 Å². The Labute approximate surface area is 127 Å². The molecule has 2 aliphatic heterocycles. The first-order valence-corrected chi connectivity index (χ1v) is 7.19. The standard InChI is InChI=1S/C17H14O5/c1-9-6-14(21-16(9)18)20-8-13-12-7-10-4-2-3-5-11(10)15(12)22-17(13)19/h2-4,6,8,12,14H,5,7H2,1H3/b13-8+/t12-,14+/m0/s1. The van der Waals surface area contributed by atoms with Crippen molar-refractivity contribution in [2.75, 3.05) is 0 Å². The molecular formula is C17H14O5. The van der Waals surface area contributed by atoms with Gasteiger partial charge in [0.15, 0.2) is 0 Å². The van der Waals surface area contributed by atoms with Gasteiger partial charge in [0.1, 0.15) is 5.76 Å². The largest absolute Gasteiger partial charge is 0.458 e. The second-order valence-electron chi connectivity index (χ2n) is 5.65. The first kappa shape index (κ1) is 13.1. The van der Waals surface area contributed by atoms with Crippen LogP contribution in [-0.4, -0.2) is 18.2 Å². The van der Waals surface area contributed by atoms with Gasteiger partial charge in [0.25, 0.3) is 6.29 Å². The minimum atomic E-state index is -0.769. The minimum absolute atomic E-state index is 0.0872. The second kappa shape index (κ2) is 4.73. The lowest BCUT2D eigenvalue weighted by Gasteiger charge is -2.09.